The minimum absolute atomic E-state index is 0.0497. The molecule has 2 N–H and O–H groups in total. The predicted molar refractivity (Wildman–Crippen MR) is 68.2 cm³/mol. The second-order valence-electron chi connectivity index (χ2n) is 4.37. The molecule has 0 aliphatic carbocycles. The number of nitrogens with one attached hydrogen (secondary N) is 2. The molecule has 0 bridgehead atoms. The summed E-state index contributed by atoms with van der Waals surface area (Å²) in [5.74, 6) is -0.0539. The van der Waals surface area contributed by atoms with E-state index in [2.05, 4.69) is 10.6 Å². The van der Waals surface area contributed by atoms with Crippen molar-refractivity contribution in [2.24, 2.45) is 0 Å². The Morgan fingerprint density at radius 3 is 3.11 bits per heavy atom. The highest BCUT2D eigenvalue weighted by molar-refractivity contribution is 5.88. The molecule has 1 aliphatic rings. The van der Waals surface area contributed by atoms with Crippen LogP contribution in [0.2, 0.25) is 0 Å². The van der Waals surface area contributed by atoms with Crippen molar-refractivity contribution in [1.82, 2.24) is 5.32 Å². The van der Waals surface area contributed by atoms with E-state index >= 15 is 0 Å². The van der Waals surface area contributed by atoms with Gasteiger partial charge < -0.3 is 15.1 Å². The van der Waals surface area contributed by atoms with E-state index < -0.39 is 0 Å². The number of hydrogen-bond donors (Lipinski definition) is 2. The summed E-state index contributed by atoms with van der Waals surface area (Å²) in [4.78, 5) is 12.1. The van der Waals surface area contributed by atoms with Gasteiger partial charge in [0.15, 0.2) is 0 Å². The van der Waals surface area contributed by atoms with Crippen molar-refractivity contribution in [2.75, 3.05) is 11.9 Å². The molecule has 92 valence electrons. The number of amides is 1. The maximum Gasteiger partial charge on any atom is 0.229 e. The van der Waals surface area contributed by atoms with Gasteiger partial charge in [-0.3, -0.25) is 4.79 Å². The molecule has 1 atom stereocenters. The van der Waals surface area contributed by atoms with Crippen molar-refractivity contribution in [2.45, 2.75) is 12.5 Å². The third-order valence-corrected chi connectivity index (χ3v) is 3.20. The topological polar surface area (TPSA) is 54.3 Å². The molecule has 3 rings (SSSR count). The number of carbonyl (C=O) groups is 1. The van der Waals surface area contributed by atoms with Crippen molar-refractivity contribution in [3.63, 3.8) is 0 Å². The Kier molecular flexibility index (Phi) is 2.76. The number of carbonyl (C=O) groups excluding carboxylic acids is 1. The van der Waals surface area contributed by atoms with E-state index in [1.54, 1.807) is 12.5 Å². The normalized spacial score (nSPS) is 17.0. The van der Waals surface area contributed by atoms with Crippen LogP contribution in [-0.2, 0) is 11.3 Å². The molecule has 1 amide bonds. The van der Waals surface area contributed by atoms with Crippen molar-refractivity contribution >= 4 is 11.6 Å². The lowest BCUT2D eigenvalue weighted by Gasteiger charge is -2.10. The van der Waals surface area contributed by atoms with E-state index in [9.17, 15) is 4.79 Å². The lowest BCUT2D eigenvalue weighted by atomic mass is 10.0. The Labute approximate surface area is 105 Å². The van der Waals surface area contributed by atoms with Gasteiger partial charge in [-0.05, 0) is 17.7 Å². The Balaban J connectivity index is 1.67. The zero-order chi connectivity index (χ0) is 12.4. The first-order chi connectivity index (χ1) is 8.84. The summed E-state index contributed by atoms with van der Waals surface area (Å²) >= 11 is 0. The number of furan rings is 1. The highest BCUT2D eigenvalue weighted by Gasteiger charge is 2.27. The van der Waals surface area contributed by atoms with Crippen LogP contribution in [0.4, 0.5) is 5.69 Å². The van der Waals surface area contributed by atoms with Gasteiger partial charge in [-0.15, -0.1) is 0 Å². The molecule has 0 saturated heterocycles. The Bertz CT molecular complexity index is 549. The van der Waals surface area contributed by atoms with E-state index in [4.69, 9.17) is 4.42 Å². The first kappa shape index (κ1) is 10.9. The van der Waals surface area contributed by atoms with Crippen molar-refractivity contribution in [3.05, 3.63) is 54.0 Å². The van der Waals surface area contributed by atoms with Crippen LogP contribution in [0.3, 0.4) is 0 Å². The average Bonchev–Trinajstić information content (AvgIpc) is 3.05. The molecule has 2 heterocycles. The van der Waals surface area contributed by atoms with Crippen LogP contribution >= 0.6 is 0 Å². The van der Waals surface area contributed by atoms with Gasteiger partial charge in [-0.1, -0.05) is 18.2 Å². The van der Waals surface area contributed by atoms with Gasteiger partial charge >= 0.3 is 0 Å². The molecule has 0 radical (unpaired) electrons. The van der Waals surface area contributed by atoms with Crippen LogP contribution in [0.25, 0.3) is 0 Å². The summed E-state index contributed by atoms with van der Waals surface area (Å²) in [6.07, 6.45) is 3.25. The van der Waals surface area contributed by atoms with Gasteiger partial charge in [-0.2, -0.15) is 0 Å². The molecular formula is C14H14N2O2. The van der Waals surface area contributed by atoms with Crippen LogP contribution < -0.4 is 10.6 Å². The summed E-state index contributed by atoms with van der Waals surface area (Å²) in [6.45, 7) is 1.17. The number of benzene rings is 1. The molecule has 0 fully saturated rings. The summed E-state index contributed by atoms with van der Waals surface area (Å²) in [7, 11) is 0. The van der Waals surface area contributed by atoms with Gasteiger partial charge in [0.1, 0.15) is 0 Å². The molecule has 1 aliphatic heterocycles. The van der Waals surface area contributed by atoms with Crippen LogP contribution in [0, 0.1) is 0 Å². The molecule has 18 heavy (non-hydrogen) atoms. The summed E-state index contributed by atoms with van der Waals surface area (Å²) < 4.78 is 4.96. The van der Waals surface area contributed by atoms with Crippen LogP contribution in [0.1, 0.15) is 17.0 Å². The maximum absolute atomic E-state index is 12.1. The Hall–Kier alpha value is -2.23. The molecule has 1 unspecified atom stereocenters. The van der Waals surface area contributed by atoms with E-state index in [1.807, 2.05) is 30.3 Å². The number of rotatable bonds is 3. The monoisotopic (exact) mass is 242 g/mol. The van der Waals surface area contributed by atoms with Gasteiger partial charge in [0.25, 0.3) is 0 Å². The number of para-hydroxylation sites is 1. The predicted octanol–water partition coefficient (Wildman–Crippen LogP) is 2.11. The van der Waals surface area contributed by atoms with Gasteiger partial charge in [0.05, 0.1) is 18.4 Å². The van der Waals surface area contributed by atoms with Crippen molar-refractivity contribution in [1.29, 1.82) is 0 Å². The van der Waals surface area contributed by atoms with Gasteiger partial charge in [0.2, 0.25) is 5.91 Å². The van der Waals surface area contributed by atoms with Crippen LogP contribution in [0.5, 0.6) is 0 Å². The highest BCUT2D eigenvalue weighted by Crippen LogP contribution is 2.30. The van der Waals surface area contributed by atoms with Gasteiger partial charge in [0, 0.05) is 24.3 Å². The number of fused-ring (bicyclic) bond motifs is 1. The average molecular weight is 242 g/mol. The number of hydrogen-bond acceptors (Lipinski definition) is 3. The summed E-state index contributed by atoms with van der Waals surface area (Å²) in [5.41, 5.74) is 3.10. The quantitative estimate of drug-likeness (QED) is 0.866. The van der Waals surface area contributed by atoms with E-state index in [0.29, 0.717) is 13.1 Å². The second-order valence-corrected chi connectivity index (χ2v) is 4.37. The van der Waals surface area contributed by atoms with Crippen molar-refractivity contribution in [3.8, 4) is 0 Å². The third-order valence-electron chi connectivity index (χ3n) is 3.20. The third kappa shape index (κ3) is 1.97. The first-order valence-electron chi connectivity index (χ1n) is 5.96. The molecule has 1 aromatic carbocycles. The largest absolute Gasteiger partial charge is 0.472 e. The summed E-state index contributed by atoms with van der Waals surface area (Å²) in [5, 5.41) is 6.17. The SMILES string of the molecule is O=C(NCc1ccoc1)C1CNc2ccccc21. The first-order valence-corrected chi connectivity index (χ1v) is 5.96. The van der Waals surface area contributed by atoms with Crippen LogP contribution in [0.15, 0.2) is 47.3 Å². The maximum atomic E-state index is 12.1. The van der Waals surface area contributed by atoms with E-state index in [1.165, 1.54) is 0 Å². The second kappa shape index (κ2) is 4.56. The lowest BCUT2D eigenvalue weighted by molar-refractivity contribution is -0.122. The molecule has 0 spiro atoms. The zero-order valence-corrected chi connectivity index (χ0v) is 9.85. The van der Waals surface area contributed by atoms with Crippen molar-refractivity contribution < 1.29 is 9.21 Å². The fourth-order valence-electron chi connectivity index (χ4n) is 2.22. The Morgan fingerprint density at radius 2 is 2.28 bits per heavy atom. The lowest BCUT2D eigenvalue weighted by Crippen LogP contribution is -2.29. The molecule has 0 saturated carbocycles. The fraction of sp³-hybridized carbons (Fsp3) is 0.214. The highest BCUT2D eigenvalue weighted by atomic mass is 16.3. The molecule has 4 nitrogen and oxygen atoms in total. The Morgan fingerprint density at radius 1 is 1.39 bits per heavy atom. The number of anilines is 1. The summed E-state index contributed by atoms with van der Waals surface area (Å²) in [6, 6.07) is 9.77. The molecule has 1 aromatic heterocycles. The van der Waals surface area contributed by atoms with Crippen LogP contribution in [-0.4, -0.2) is 12.5 Å². The zero-order valence-electron chi connectivity index (χ0n) is 9.85. The molecule has 2 aromatic rings. The van der Waals surface area contributed by atoms with Gasteiger partial charge in [-0.25, -0.2) is 0 Å². The van der Waals surface area contributed by atoms with E-state index in [-0.39, 0.29) is 11.8 Å². The minimum atomic E-state index is -0.104. The molecule has 4 heteroatoms. The van der Waals surface area contributed by atoms with E-state index in [0.717, 1.165) is 16.8 Å². The fourth-order valence-corrected chi connectivity index (χ4v) is 2.22. The molecular weight excluding hydrogens is 228 g/mol. The standard InChI is InChI=1S/C14H14N2O2/c17-14(16-7-10-5-6-18-9-10)12-8-15-13-4-2-1-3-11(12)13/h1-6,9,12,15H,7-8H2,(H,16,17). The minimum Gasteiger partial charge on any atom is -0.472 e. The smallest absolute Gasteiger partial charge is 0.229 e.